The number of aromatic nitrogens is 2. The molecule has 122 valence electrons. The molecule has 0 bridgehead atoms. The summed E-state index contributed by atoms with van der Waals surface area (Å²) in [5.74, 6) is -1.16. The van der Waals surface area contributed by atoms with Gasteiger partial charge in [-0.3, -0.25) is 19.0 Å². The van der Waals surface area contributed by atoms with Gasteiger partial charge in [0.05, 0.1) is 17.4 Å². The highest BCUT2D eigenvalue weighted by atomic mass is 16.6. The van der Waals surface area contributed by atoms with E-state index in [1.165, 1.54) is 13.8 Å². The molecular weight excluding hydrogens is 304 g/mol. The largest absolute Gasteiger partial charge is 0.462 e. The van der Waals surface area contributed by atoms with Crippen LogP contribution in [-0.4, -0.2) is 34.2 Å². The third-order valence-electron chi connectivity index (χ3n) is 3.08. The molecule has 2 aromatic rings. The fraction of sp³-hybridized carbons (Fsp3) is 0.333. The summed E-state index contributed by atoms with van der Waals surface area (Å²) in [5.41, 5.74) is -0.722. The van der Waals surface area contributed by atoms with Gasteiger partial charge < -0.3 is 14.5 Å². The second-order valence-corrected chi connectivity index (χ2v) is 4.93. The van der Waals surface area contributed by atoms with E-state index in [-0.39, 0.29) is 13.2 Å². The summed E-state index contributed by atoms with van der Waals surface area (Å²) in [6.45, 7) is 1.94. The summed E-state index contributed by atoms with van der Waals surface area (Å²) < 4.78 is 10.7. The number of nitrogens with one attached hydrogen (secondary N) is 1. The zero-order chi connectivity index (χ0) is 17.0. The third kappa shape index (κ3) is 4.06. The summed E-state index contributed by atoms with van der Waals surface area (Å²) in [6.07, 6.45) is -0.934. The predicted molar refractivity (Wildman–Crippen MR) is 81.0 cm³/mol. The third-order valence-corrected chi connectivity index (χ3v) is 3.08. The second-order valence-electron chi connectivity index (χ2n) is 4.93. The van der Waals surface area contributed by atoms with Crippen LogP contribution < -0.4 is 11.2 Å². The maximum atomic E-state index is 12.4. The van der Waals surface area contributed by atoms with Crippen molar-refractivity contribution in [3.05, 3.63) is 45.1 Å². The van der Waals surface area contributed by atoms with Gasteiger partial charge in [-0.2, -0.15) is 0 Å². The molecule has 1 aromatic heterocycles. The van der Waals surface area contributed by atoms with Crippen molar-refractivity contribution >= 4 is 22.8 Å². The molecule has 1 heterocycles. The van der Waals surface area contributed by atoms with Gasteiger partial charge in [-0.1, -0.05) is 12.1 Å². The molecule has 1 N–H and O–H groups in total. The first-order valence-corrected chi connectivity index (χ1v) is 6.91. The molecule has 8 nitrogen and oxygen atoms in total. The van der Waals surface area contributed by atoms with Crippen molar-refractivity contribution in [2.45, 2.75) is 26.5 Å². The van der Waals surface area contributed by atoms with Crippen LogP contribution in [0.25, 0.3) is 10.9 Å². The number of benzene rings is 1. The molecule has 0 aliphatic carbocycles. The summed E-state index contributed by atoms with van der Waals surface area (Å²) in [7, 11) is 0. The fourth-order valence-corrected chi connectivity index (χ4v) is 2.14. The van der Waals surface area contributed by atoms with E-state index in [2.05, 4.69) is 4.98 Å². The molecular formula is C15H16N2O6. The zero-order valence-corrected chi connectivity index (χ0v) is 12.7. The van der Waals surface area contributed by atoms with E-state index in [4.69, 9.17) is 9.47 Å². The van der Waals surface area contributed by atoms with Crippen molar-refractivity contribution in [3.8, 4) is 0 Å². The second kappa shape index (κ2) is 6.91. The molecule has 0 spiro atoms. The molecule has 8 heteroatoms. The van der Waals surface area contributed by atoms with Crippen molar-refractivity contribution in [3.63, 3.8) is 0 Å². The summed E-state index contributed by atoms with van der Waals surface area (Å²) >= 11 is 0. The quantitative estimate of drug-likeness (QED) is 0.788. The number of rotatable bonds is 5. The number of H-pyrrole nitrogens is 1. The van der Waals surface area contributed by atoms with E-state index in [1.807, 2.05) is 0 Å². The van der Waals surface area contributed by atoms with Gasteiger partial charge in [-0.05, 0) is 12.1 Å². The van der Waals surface area contributed by atoms with Crippen LogP contribution in [0.2, 0.25) is 0 Å². The Morgan fingerprint density at radius 1 is 1.17 bits per heavy atom. The Balaban J connectivity index is 2.37. The predicted octanol–water partition coefficient (Wildman–Crippen LogP) is 0.185. The normalized spacial score (nSPS) is 11.9. The zero-order valence-electron chi connectivity index (χ0n) is 12.7. The number of nitrogens with zero attached hydrogens (tertiary/aromatic N) is 1. The van der Waals surface area contributed by atoms with E-state index in [0.717, 1.165) is 4.57 Å². The molecule has 0 saturated heterocycles. The van der Waals surface area contributed by atoms with E-state index < -0.39 is 29.3 Å². The molecule has 0 radical (unpaired) electrons. The van der Waals surface area contributed by atoms with Gasteiger partial charge in [0, 0.05) is 13.8 Å². The van der Waals surface area contributed by atoms with Gasteiger partial charge in [0.25, 0.3) is 5.56 Å². The lowest BCUT2D eigenvalue weighted by Gasteiger charge is -2.17. The first-order chi connectivity index (χ1) is 10.9. The average molecular weight is 320 g/mol. The van der Waals surface area contributed by atoms with Crippen LogP contribution in [0.5, 0.6) is 0 Å². The highest BCUT2D eigenvalue weighted by Gasteiger charge is 2.18. The minimum Gasteiger partial charge on any atom is -0.462 e. The molecule has 1 unspecified atom stereocenters. The Labute approximate surface area is 130 Å². The van der Waals surface area contributed by atoms with E-state index >= 15 is 0 Å². The number of aromatic amines is 1. The Morgan fingerprint density at radius 3 is 2.52 bits per heavy atom. The van der Waals surface area contributed by atoms with Crippen LogP contribution in [-0.2, 0) is 25.6 Å². The smallest absolute Gasteiger partial charge is 0.328 e. The molecule has 2 rings (SSSR count). The van der Waals surface area contributed by atoms with Gasteiger partial charge in [0.1, 0.15) is 6.61 Å². The minimum atomic E-state index is -0.934. The molecule has 1 aromatic carbocycles. The fourth-order valence-electron chi connectivity index (χ4n) is 2.14. The number of esters is 2. The first kappa shape index (κ1) is 16.5. The highest BCUT2D eigenvalue weighted by Crippen LogP contribution is 2.04. The number of hydrogen-bond acceptors (Lipinski definition) is 6. The summed E-state index contributed by atoms with van der Waals surface area (Å²) in [5, 5.41) is 0.334. The number of hydrogen-bond donors (Lipinski definition) is 1. The molecule has 0 saturated carbocycles. The molecule has 1 atom stereocenters. The Bertz CT molecular complexity index is 851. The number of ether oxygens (including phenoxy) is 2. The van der Waals surface area contributed by atoms with Gasteiger partial charge >= 0.3 is 17.6 Å². The number of para-hydroxylation sites is 1. The Morgan fingerprint density at radius 2 is 1.87 bits per heavy atom. The van der Waals surface area contributed by atoms with Gasteiger partial charge in [0.2, 0.25) is 0 Å². The van der Waals surface area contributed by atoms with Crippen molar-refractivity contribution in [1.29, 1.82) is 0 Å². The molecule has 23 heavy (non-hydrogen) atoms. The minimum absolute atomic E-state index is 0.216. The van der Waals surface area contributed by atoms with Crippen molar-refractivity contribution in [2.75, 3.05) is 6.61 Å². The maximum Gasteiger partial charge on any atom is 0.328 e. The number of fused-ring (bicyclic) bond motifs is 1. The highest BCUT2D eigenvalue weighted by molar-refractivity contribution is 5.76. The SMILES string of the molecule is CC(=O)OCC(Cn1c(=O)[nH]c2ccccc2c1=O)OC(C)=O. The lowest BCUT2D eigenvalue weighted by molar-refractivity contribution is -0.157. The van der Waals surface area contributed by atoms with E-state index in [1.54, 1.807) is 24.3 Å². The lowest BCUT2D eigenvalue weighted by atomic mass is 10.2. The van der Waals surface area contributed by atoms with E-state index in [0.29, 0.717) is 10.9 Å². The van der Waals surface area contributed by atoms with Gasteiger partial charge in [0.15, 0.2) is 6.10 Å². The van der Waals surface area contributed by atoms with Crippen molar-refractivity contribution in [1.82, 2.24) is 9.55 Å². The van der Waals surface area contributed by atoms with E-state index in [9.17, 15) is 19.2 Å². The molecule has 0 amide bonds. The van der Waals surface area contributed by atoms with Crippen LogP contribution in [0.4, 0.5) is 0 Å². The molecule has 0 aliphatic rings. The number of carbonyl (C=O) groups excluding carboxylic acids is 2. The average Bonchev–Trinajstić information content (AvgIpc) is 2.48. The topological polar surface area (TPSA) is 107 Å². The summed E-state index contributed by atoms with van der Waals surface area (Å²) in [6, 6.07) is 6.57. The van der Waals surface area contributed by atoms with Gasteiger partial charge in [-0.25, -0.2) is 4.79 Å². The first-order valence-electron chi connectivity index (χ1n) is 6.91. The van der Waals surface area contributed by atoms with Crippen LogP contribution in [0.3, 0.4) is 0 Å². The number of carbonyl (C=O) groups is 2. The van der Waals surface area contributed by atoms with Crippen molar-refractivity contribution < 1.29 is 19.1 Å². The Kier molecular flexibility index (Phi) is 4.95. The maximum absolute atomic E-state index is 12.4. The summed E-state index contributed by atoms with van der Waals surface area (Å²) in [4.78, 5) is 49.1. The molecule has 0 fully saturated rings. The van der Waals surface area contributed by atoms with Crippen LogP contribution >= 0.6 is 0 Å². The van der Waals surface area contributed by atoms with Crippen LogP contribution in [0.1, 0.15) is 13.8 Å². The van der Waals surface area contributed by atoms with Crippen LogP contribution in [0, 0.1) is 0 Å². The Hall–Kier alpha value is -2.90. The monoisotopic (exact) mass is 320 g/mol. The van der Waals surface area contributed by atoms with Crippen LogP contribution in [0.15, 0.2) is 33.9 Å². The van der Waals surface area contributed by atoms with Gasteiger partial charge in [-0.15, -0.1) is 0 Å². The standard InChI is InChI=1S/C15H16N2O6/c1-9(18)22-8-11(23-10(2)19)7-17-14(20)12-5-3-4-6-13(12)16-15(17)21/h3-6,11H,7-8H2,1-2H3,(H,16,21). The van der Waals surface area contributed by atoms with Crippen molar-refractivity contribution in [2.24, 2.45) is 0 Å². The lowest BCUT2D eigenvalue weighted by Crippen LogP contribution is -2.41. The molecule has 0 aliphatic heterocycles.